The normalized spacial score (nSPS) is 13.5. The second-order valence-electron chi connectivity index (χ2n) is 13.0. The number of fused-ring (bicyclic) bond motifs is 10. The van der Waals surface area contributed by atoms with Crippen molar-refractivity contribution in [1.29, 1.82) is 0 Å². The lowest BCUT2D eigenvalue weighted by molar-refractivity contribution is 0.662. The maximum absolute atomic E-state index is 4.69. The molecule has 222 valence electrons. The van der Waals surface area contributed by atoms with Crippen LogP contribution in [0, 0.1) is 0 Å². The predicted octanol–water partition coefficient (Wildman–Crippen LogP) is 11.6. The molecular formula is C43H29N3S. The zero-order valence-electron chi connectivity index (χ0n) is 26.0. The molecule has 0 radical (unpaired) electrons. The number of benzene rings is 6. The summed E-state index contributed by atoms with van der Waals surface area (Å²) in [6.45, 7) is 4.71. The first-order valence-electron chi connectivity index (χ1n) is 16.1. The number of hydrogen-bond donors (Lipinski definition) is 0. The number of aromatic nitrogens is 3. The number of nitrogens with zero attached hydrogens (tertiary/aromatic N) is 3. The van der Waals surface area contributed by atoms with Crippen LogP contribution in [0.1, 0.15) is 25.0 Å². The highest BCUT2D eigenvalue weighted by Crippen LogP contribution is 2.55. The summed E-state index contributed by atoms with van der Waals surface area (Å²) in [4.78, 5) is 9.37. The van der Waals surface area contributed by atoms with Gasteiger partial charge in [0.2, 0.25) is 0 Å². The van der Waals surface area contributed by atoms with E-state index in [9.17, 15) is 0 Å². The minimum atomic E-state index is -0.198. The van der Waals surface area contributed by atoms with Crippen LogP contribution in [-0.4, -0.2) is 14.5 Å². The second-order valence-corrected chi connectivity index (χ2v) is 14.0. The van der Waals surface area contributed by atoms with Crippen LogP contribution in [0.4, 0.5) is 0 Å². The van der Waals surface area contributed by atoms with Gasteiger partial charge in [-0.3, -0.25) is 0 Å². The molecule has 3 heterocycles. The Bertz CT molecular complexity index is 2700. The summed E-state index contributed by atoms with van der Waals surface area (Å²) in [5.41, 5.74) is 12.1. The van der Waals surface area contributed by atoms with Crippen LogP contribution in [-0.2, 0) is 5.41 Å². The van der Waals surface area contributed by atoms with E-state index in [4.69, 9.17) is 0 Å². The highest BCUT2D eigenvalue weighted by Gasteiger charge is 2.39. The van der Waals surface area contributed by atoms with E-state index in [1.54, 1.807) is 0 Å². The van der Waals surface area contributed by atoms with E-state index in [1.165, 1.54) is 81.0 Å². The van der Waals surface area contributed by atoms with Gasteiger partial charge in [-0.2, -0.15) is 0 Å². The zero-order valence-corrected chi connectivity index (χ0v) is 26.8. The Hall–Kier alpha value is -5.58. The van der Waals surface area contributed by atoms with Crippen molar-refractivity contribution in [3.63, 3.8) is 0 Å². The van der Waals surface area contributed by atoms with Crippen molar-refractivity contribution in [3.8, 4) is 39.3 Å². The lowest BCUT2D eigenvalue weighted by Gasteiger charge is -2.25. The average molecular weight is 620 g/mol. The van der Waals surface area contributed by atoms with Crippen LogP contribution in [0.2, 0.25) is 0 Å². The molecule has 6 aromatic carbocycles. The summed E-state index contributed by atoms with van der Waals surface area (Å²) in [5, 5.41) is 5.25. The predicted molar refractivity (Wildman–Crippen MR) is 198 cm³/mol. The molecule has 0 saturated carbocycles. The van der Waals surface area contributed by atoms with Crippen molar-refractivity contribution in [1.82, 2.24) is 14.5 Å². The second kappa shape index (κ2) is 9.71. The van der Waals surface area contributed by atoms with E-state index in [2.05, 4.69) is 150 Å². The first-order chi connectivity index (χ1) is 23.1. The van der Waals surface area contributed by atoms with Crippen LogP contribution >= 0.6 is 11.3 Å². The molecule has 9 aromatic rings. The summed E-state index contributed by atoms with van der Waals surface area (Å²) in [5.74, 6) is 0.759. The highest BCUT2D eigenvalue weighted by molar-refractivity contribution is 7.26. The SMILES string of the molecule is CC1(C)c2ccccc2-c2c(-c3ncccn3)ccc(-c3ccc4c5c6sc7ccccc7c6ccc5n(-c5ccccc5)c4c3)c21. The Balaban J connectivity index is 1.30. The maximum Gasteiger partial charge on any atom is 0.159 e. The van der Waals surface area contributed by atoms with Gasteiger partial charge >= 0.3 is 0 Å². The molecule has 0 spiro atoms. The molecular weight excluding hydrogens is 591 g/mol. The lowest BCUT2D eigenvalue weighted by atomic mass is 9.78. The minimum absolute atomic E-state index is 0.198. The quantitative estimate of drug-likeness (QED) is 0.197. The lowest BCUT2D eigenvalue weighted by Crippen LogP contribution is -2.16. The van der Waals surface area contributed by atoms with Crippen molar-refractivity contribution in [2.45, 2.75) is 19.3 Å². The first-order valence-corrected chi connectivity index (χ1v) is 16.9. The molecule has 10 rings (SSSR count). The molecule has 4 heteroatoms. The largest absolute Gasteiger partial charge is 0.309 e. The smallest absolute Gasteiger partial charge is 0.159 e. The summed E-state index contributed by atoms with van der Waals surface area (Å²) in [6.07, 6.45) is 3.66. The van der Waals surface area contributed by atoms with Crippen LogP contribution in [0.25, 0.3) is 81.3 Å². The number of thiophene rings is 1. The number of hydrogen-bond acceptors (Lipinski definition) is 3. The fourth-order valence-electron chi connectivity index (χ4n) is 8.08. The number of para-hydroxylation sites is 1. The molecule has 0 aliphatic heterocycles. The van der Waals surface area contributed by atoms with Crippen LogP contribution in [0.5, 0.6) is 0 Å². The van der Waals surface area contributed by atoms with Gasteiger partial charge in [0.05, 0.1) is 11.0 Å². The summed E-state index contributed by atoms with van der Waals surface area (Å²) in [7, 11) is 0. The van der Waals surface area contributed by atoms with Gasteiger partial charge in [-0.1, -0.05) is 98.8 Å². The fraction of sp³-hybridized carbons (Fsp3) is 0.0698. The third-order valence-corrected chi connectivity index (χ3v) is 11.3. The van der Waals surface area contributed by atoms with Gasteiger partial charge in [-0.05, 0) is 75.8 Å². The van der Waals surface area contributed by atoms with Crippen molar-refractivity contribution < 1.29 is 0 Å². The standard InChI is InChI=1S/C43H29N3S/c1-43(2)34-15-8-6-14-31(34)38-33(42-44-23-10-24-45-42)20-19-28(40(38)43)26-17-18-32-36(25-26)46(27-11-4-3-5-12-27)35-22-21-30-29-13-7-9-16-37(29)47-41(30)39(32)35/h3-25H,1-2H3. The molecule has 3 nitrogen and oxygen atoms in total. The van der Waals surface area contributed by atoms with Crippen molar-refractivity contribution in [2.75, 3.05) is 0 Å². The monoisotopic (exact) mass is 619 g/mol. The van der Waals surface area contributed by atoms with Gasteiger partial charge in [-0.25, -0.2) is 9.97 Å². The van der Waals surface area contributed by atoms with Gasteiger partial charge in [0, 0.05) is 60.0 Å². The van der Waals surface area contributed by atoms with Crippen molar-refractivity contribution >= 4 is 53.3 Å². The Morgan fingerprint density at radius 3 is 2.21 bits per heavy atom. The van der Waals surface area contributed by atoms with Gasteiger partial charge < -0.3 is 4.57 Å². The molecule has 0 atom stereocenters. The van der Waals surface area contributed by atoms with E-state index in [1.807, 2.05) is 29.8 Å². The molecule has 0 amide bonds. The molecule has 3 aromatic heterocycles. The van der Waals surface area contributed by atoms with Crippen molar-refractivity contribution in [2.24, 2.45) is 0 Å². The molecule has 0 fully saturated rings. The molecule has 47 heavy (non-hydrogen) atoms. The Morgan fingerprint density at radius 1 is 0.596 bits per heavy atom. The molecule has 1 aliphatic carbocycles. The topological polar surface area (TPSA) is 30.7 Å². The van der Waals surface area contributed by atoms with Gasteiger partial charge in [0.15, 0.2) is 5.82 Å². The molecule has 0 bridgehead atoms. The summed E-state index contributed by atoms with van der Waals surface area (Å²) >= 11 is 1.90. The van der Waals surface area contributed by atoms with Gasteiger partial charge in [0.1, 0.15) is 0 Å². The Labute approximate surface area is 276 Å². The van der Waals surface area contributed by atoms with Gasteiger partial charge in [0.25, 0.3) is 0 Å². The van der Waals surface area contributed by atoms with Crippen molar-refractivity contribution in [3.05, 3.63) is 151 Å². The molecule has 0 saturated heterocycles. The third-order valence-electron chi connectivity index (χ3n) is 10.1. The highest BCUT2D eigenvalue weighted by atomic mass is 32.1. The van der Waals surface area contributed by atoms with E-state index < -0.39 is 0 Å². The average Bonchev–Trinajstić information content (AvgIpc) is 3.74. The Morgan fingerprint density at radius 2 is 1.34 bits per heavy atom. The number of rotatable bonds is 3. The van der Waals surface area contributed by atoms with E-state index in [0.29, 0.717) is 0 Å². The fourth-order valence-corrected chi connectivity index (χ4v) is 9.34. The third kappa shape index (κ3) is 3.67. The molecule has 0 N–H and O–H groups in total. The van der Waals surface area contributed by atoms with E-state index in [0.717, 1.165) is 11.4 Å². The van der Waals surface area contributed by atoms with Crippen LogP contribution in [0.15, 0.2) is 140 Å². The van der Waals surface area contributed by atoms with Crippen LogP contribution < -0.4 is 0 Å². The Kier molecular flexibility index (Phi) is 5.50. The summed E-state index contributed by atoms with van der Waals surface area (Å²) in [6, 6.07) is 46.5. The zero-order chi connectivity index (χ0) is 31.3. The minimum Gasteiger partial charge on any atom is -0.309 e. The van der Waals surface area contributed by atoms with Gasteiger partial charge in [-0.15, -0.1) is 11.3 Å². The first kappa shape index (κ1) is 26.6. The molecule has 1 aliphatic rings. The molecule has 0 unspecified atom stereocenters. The van der Waals surface area contributed by atoms with E-state index in [-0.39, 0.29) is 5.41 Å². The van der Waals surface area contributed by atoms with Crippen LogP contribution in [0.3, 0.4) is 0 Å². The summed E-state index contributed by atoms with van der Waals surface area (Å²) < 4.78 is 5.12. The maximum atomic E-state index is 4.69. The van der Waals surface area contributed by atoms with E-state index >= 15 is 0 Å².